The molecule has 0 fully saturated rings. The summed E-state index contributed by atoms with van der Waals surface area (Å²) in [5.74, 6) is 0. The summed E-state index contributed by atoms with van der Waals surface area (Å²) in [7, 11) is 0. The van der Waals surface area contributed by atoms with Crippen LogP contribution in [-0.2, 0) is 5.11 Å². The number of halogens is 21. The van der Waals surface area contributed by atoms with Gasteiger partial charge in [0.05, 0.1) is 0 Å². The van der Waals surface area contributed by atoms with Gasteiger partial charge in [-0.25, -0.2) is 5.11 Å². The topological polar surface area (TPSA) is 19.9 Å². The van der Waals surface area contributed by atoms with Gasteiger partial charge in [0.25, 0.3) is 0 Å². The fourth-order valence-corrected chi connectivity index (χ4v) is 33.4. The van der Waals surface area contributed by atoms with E-state index in [0.29, 0.717) is 0 Å². The van der Waals surface area contributed by atoms with Gasteiger partial charge in [-0.2, -0.15) is 0 Å². The lowest BCUT2D eigenvalue weighted by atomic mass is 9.87. The Kier molecular flexibility index (Phi) is 17.6. The van der Waals surface area contributed by atoms with Gasteiger partial charge in [0.15, 0.2) is 3.23 Å². The summed E-state index contributed by atoms with van der Waals surface area (Å²) in [6.07, 6.45) is 0. The van der Waals surface area contributed by atoms with Crippen molar-refractivity contribution in [3.63, 3.8) is 0 Å². The third-order valence-corrected chi connectivity index (χ3v) is 32.7. The molecule has 0 aromatic carbocycles. The van der Waals surface area contributed by atoms with Crippen LogP contribution in [0.3, 0.4) is 0 Å². The highest BCUT2D eigenvalue weighted by molar-refractivity contribution is 9.42. The molecule has 0 atom stereocenters. The quantitative estimate of drug-likeness (QED) is 0.236. The molecule has 1 nitrogen and oxygen atoms in total. The van der Waals surface area contributed by atoms with Crippen LogP contribution in [0.4, 0.5) is 0 Å². The molecule has 0 rings (SSSR count). The molecular weight excluding hydrogens is 1810 g/mol. The summed E-state index contributed by atoms with van der Waals surface area (Å²) < 4.78 is -11.5. The average Bonchev–Trinajstić information content (AvgIpc) is 2.39. The van der Waals surface area contributed by atoms with Crippen LogP contribution in [-0.4, -0.2) is 26.0 Å². The fraction of sp³-hybridized carbons (Fsp3) is 1.00. The molecule has 0 aliphatic heterocycles. The Balaban J connectivity index is 7.57. The monoisotopic (exact) mass is 1790 g/mol. The van der Waals surface area contributed by atoms with E-state index >= 15 is 0 Å². The first-order valence-corrected chi connectivity index (χ1v) is 23.1. The minimum Gasteiger partial charge on any atom is -0.202 e. The maximum absolute atomic E-state index is 13.0. The van der Waals surface area contributed by atoms with Crippen LogP contribution in [0.5, 0.6) is 0 Å². The zero-order valence-corrected chi connectivity index (χ0v) is 46.7. The smallest absolute Gasteiger partial charge is 0.202 e. The molecule has 32 heavy (non-hydrogen) atoms. The Morgan fingerprint density at radius 2 is 0.469 bits per heavy atom. The van der Waals surface area contributed by atoms with Crippen molar-refractivity contribution in [3.8, 4) is 0 Å². The highest BCUT2D eigenvalue weighted by atomic mass is 80.0. The lowest BCUT2D eigenvalue weighted by Gasteiger charge is -2.63. The van der Waals surface area contributed by atoms with Crippen LogP contribution in [0.25, 0.3) is 0 Å². The molecule has 0 bridgehead atoms. The summed E-state index contributed by atoms with van der Waals surface area (Å²) in [5, 5.41) is 13.0. The van der Waals surface area contributed by atoms with Gasteiger partial charge >= 0.3 is 0 Å². The first kappa shape index (κ1) is 42.0. The Hall–Kier alpha value is 10.0. The zero-order chi connectivity index (χ0) is 27.0. The van der Waals surface area contributed by atoms with E-state index in [1.807, 2.05) is 0 Å². The second-order valence-corrected chi connectivity index (χ2v) is 46.4. The van der Waals surface area contributed by atoms with Crippen molar-refractivity contribution < 1.29 is 5.11 Å². The second-order valence-electron chi connectivity index (χ2n) is 5.63. The first-order valence-electron chi connectivity index (χ1n) is 6.42. The van der Waals surface area contributed by atoms with Crippen molar-refractivity contribution >= 4 is 335 Å². The van der Waals surface area contributed by atoms with Crippen LogP contribution < -0.4 is 0 Å². The summed E-state index contributed by atoms with van der Waals surface area (Å²) >= 11 is 76.9. The Morgan fingerprint density at radius 3 is 0.656 bits per heavy atom. The van der Waals surface area contributed by atoms with Gasteiger partial charge < -0.3 is 0 Å². The molecule has 0 saturated heterocycles. The van der Waals surface area contributed by atoms with E-state index in [9.17, 15) is 5.11 Å². The summed E-state index contributed by atoms with van der Waals surface area (Å²) in [6, 6.07) is 0. The minimum absolute atomic E-state index is 1.04. The second kappa shape index (κ2) is 13.4. The summed E-state index contributed by atoms with van der Waals surface area (Å²) in [4.78, 5) is 0. The lowest BCUT2D eigenvalue weighted by Crippen LogP contribution is -2.73. The third-order valence-electron chi connectivity index (χ3n) is 3.69. The van der Waals surface area contributed by atoms with E-state index in [0.717, 1.165) is 0 Å². The first-order chi connectivity index (χ1) is 13.2. The van der Waals surface area contributed by atoms with Crippen LogP contribution >= 0.6 is 335 Å². The predicted molar refractivity (Wildman–Crippen MR) is 215 cm³/mol. The summed E-state index contributed by atoms with van der Waals surface area (Å²) in [5.41, 5.74) is -1.17. The normalized spacial score (nSPS) is 17.1. The zero-order valence-electron chi connectivity index (χ0n) is 13.3. The number of rotatable bonds is 6. The van der Waals surface area contributed by atoms with Gasteiger partial charge in [-0.3, -0.25) is 0 Å². The van der Waals surface area contributed by atoms with E-state index in [-0.39, 0.29) is 0 Å². The number of hydrogen-bond donors (Lipinski definition) is 0. The lowest BCUT2D eigenvalue weighted by molar-refractivity contribution is 0.136. The van der Waals surface area contributed by atoms with E-state index in [1.54, 1.807) is 0 Å². The molecule has 0 aliphatic carbocycles. The van der Waals surface area contributed by atoms with E-state index in [4.69, 9.17) is 0 Å². The van der Waals surface area contributed by atoms with Crippen molar-refractivity contribution in [1.82, 2.24) is 0 Å². The molecule has 0 unspecified atom stereocenters. The molecule has 0 aliphatic rings. The van der Waals surface area contributed by atoms with Crippen molar-refractivity contribution in [2.24, 2.45) is 5.41 Å². The Bertz CT molecular complexity index is 647. The standard InChI is InChI=1S/C10Br21O/c11-2(12,1(7(21,22)23,8(24,25)26)9(27,28)29)3(13,14)4(15,16)5(17,18)6(19,20)10(30,31)32. The maximum atomic E-state index is 13.0. The fourth-order valence-electron chi connectivity index (χ4n) is 2.03. The van der Waals surface area contributed by atoms with Gasteiger partial charge in [-0.15, -0.1) is 0 Å². The average molecular weight is 1810 g/mol. The molecule has 1 radical (unpaired) electrons. The van der Waals surface area contributed by atoms with Crippen LogP contribution in [0, 0.1) is 5.41 Å². The predicted octanol–water partition coefficient (Wildman–Crippen LogP) is 15.8. The van der Waals surface area contributed by atoms with Crippen molar-refractivity contribution in [2.75, 3.05) is 0 Å². The molecule has 0 N–H and O–H groups in total. The molecule has 0 spiro atoms. The SMILES string of the molecule is [O]C(Br)(Br)C(Br)(Br)C(Br)(Br)C(Br)(Br)C(Br)(Br)C(Br)(Br)C(C(Br)(Br)Br)(C(Br)(Br)Br)C(Br)(Br)Br. The van der Waals surface area contributed by atoms with E-state index in [2.05, 4.69) is 335 Å². The van der Waals surface area contributed by atoms with Crippen molar-refractivity contribution in [2.45, 2.75) is 26.0 Å². The largest absolute Gasteiger partial charge is 0.239 e. The molecular formula is C10Br21O. The molecule has 0 aromatic rings. The highest BCUT2D eigenvalue weighted by Crippen LogP contribution is 2.84. The number of hydrogen-bond acceptors (Lipinski definition) is 0. The number of alkyl halides is 21. The molecule has 0 amide bonds. The van der Waals surface area contributed by atoms with E-state index < -0.39 is 31.4 Å². The molecule has 193 valence electrons. The molecule has 0 heterocycles. The van der Waals surface area contributed by atoms with Gasteiger partial charge in [0, 0.05) is 0 Å². The van der Waals surface area contributed by atoms with Crippen LogP contribution in [0.1, 0.15) is 0 Å². The van der Waals surface area contributed by atoms with Crippen molar-refractivity contribution in [1.29, 1.82) is 0 Å². The van der Waals surface area contributed by atoms with E-state index in [1.165, 1.54) is 0 Å². The molecule has 0 aromatic heterocycles. The maximum Gasteiger partial charge on any atom is 0.239 e. The Morgan fingerprint density at radius 1 is 0.281 bits per heavy atom. The van der Waals surface area contributed by atoms with Gasteiger partial charge in [0.2, 0.25) is 3.42 Å². The minimum atomic E-state index is -1.89. The van der Waals surface area contributed by atoms with Gasteiger partial charge in [-0.1, -0.05) is 303 Å². The van der Waals surface area contributed by atoms with Crippen LogP contribution in [0.15, 0.2) is 0 Å². The van der Waals surface area contributed by atoms with Gasteiger partial charge in [0.1, 0.15) is 24.8 Å². The molecule has 22 heteroatoms. The Labute approximate surface area is 362 Å². The highest BCUT2D eigenvalue weighted by Gasteiger charge is 2.84. The third kappa shape index (κ3) is 7.36. The summed E-state index contributed by atoms with van der Waals surface area (Å²) in [6.45, 7) is 0. The van der Waals surface area contributed by atoms with Crippen LogP contribution in [0.2, 0.25) is 0 Å². The van der Waals surface area contributed by atoms with Gasteiger partial charge in [-0.05, 0) is 31.9 Å². The van der Waals surface area contributed by atoms with Crippen molar-refractivity contribution in [3.05, 3.63) is 0 Å². The molecule has 0 saturated carbocycles.